The highest BCUT2D eigenvalue weighted by Gasteiger charge is 2.32. The van der Waals surface area contributed by atoms with Gasteiger partial charge in [-0.3, -0.25) is 14.2 Å². The normalized spacial score (nSPS) is 14.3. The molecule has 0 N–H and O–H groups in total. The van der Waals surface area contributed by atoms with Gasteiger partial charge >= 0.3 is 0 Å². The van der Waals surface area contributed by atoms with Gasteiger partial charge in [-0.05, 0) is 94.0 Å². The van der Waals surface area contributed by atoms with Gasteiger partial charge in [0.1, 0.15) is 11.2 Å². The van der Waals surface area contributed by atoms with Crippen molar-refractivity contribution in [2.24, 2.45) is 0 Å². The van der Waals surface area contributed by atoms with Gasteiger partial charge in [0.25, 0.3) is 5.56 Å². The molecule has 0 amide bonds. The monoisotopic (exact) mass is 561 g/mol. The fraction of sp³-hybridized carbons (Fsp3) is 0.308. The van der Waals surface area contributed by atoms with Crippen molar-refractivity contribution in [2.45, 2.75) is 78.6 Å². The van der Waals surface area contributed by atoms with Crippen LogP contribution in [0.25, 0.3) is 81.3 Å². The van der Waals surface area contributed by atoms with Gasteiger partial charge in [0.15, 0.2) is 0 Å². The van der Waals surface area contributed by atoms with Crippen LogP contribution in [0.15, 0.2) is 53.5 Å². The van der Waals surface area contributed by atoms with Crippen LogP contribution in [0.3, 0.4) is 0 Å². The van der Waals surface area contributed by atoms with E-state index in [0.29, 0.717) is 0 Å². The van der Waals surface area contributed by atoms with Crippen LogP contribution in [0.4, 0.5) is 0 Å². The van der Waals surface area contributed by atoms with E-state index in [2.05, 4.69) is 105 Å². The zero-order chi connectivity index (χ0) is 30.1. The molecule has 0 saturated carbocycles. The quantitative estimate of drug-likeness (QED) is 0.173. The smallest absolute Gasteiger partial charge is 0.265 e. The first-order valence-electron chi connectivity index (χ1n) is 15.4. The summed E-state index contributed by atoms with van der Waals surface area (Å²) in [4.78, 5) is 24.7. The number of benzene rings is 5. The largest absolute Gasteiger partial charge is 0.268 e. The highest BCUT2D eigenvalue weighted by molar-refractivity contribution is 6.49. The fourth-order valence-electron chi connectivity index (χ4n) is 8.00. The number of aromatic nitrogens is 3. The number of imidazole rings is 1. The lowest BCUT2D eigenvalue weighted by Gasteiger charge is -2.23. The number of hydrogen-bond acceptors (Lipinski definition) is 3. The van der Waals surface area contributed by atoms with Crippen LogP contribution >= 0.6 is 0 Å². The maximum absolute atomic E-state index is 14.8. The third-order valence-electron chi connectivity index (χ3n) is 9.99. The predicted octanol–water partition coefficient (Wildman–Crippen LogP) is 9.81. The second-order valence-electron chi connectivity index (χ2n) is 15.9. The van der Waals surface area contributed by atoms with Crippen molar-refractivity contribution in [3.05, 3.63) is 75.8 Å². The second-order valence-corrected chi connectivity index (χ2v) is 15.9. The van der Waals surface area contributed by atoms with E-state index >= 15 is 0 Å². The van der Waals surface area contributed by atoms with E-state index in [-0.39, 0.29) is 21.8 Å². The molecule has 3 heterocycles. The Morgan fingerprint density at radius 1 is 0.581 bits per heavy atom. The molecule has 3 aromatic heterocycles. The van der Waals surface area contributed by atoms with Crippen molar-refractivity contribution in [1.29, 1.82) is 0 Å². The van der Waals surface area contributed by atoms with E-state index in [9.17, 15) is 4.79 Å². The highest BCUT2D eigenvalue weighted by atomic mass is 16.1. The van der Waals surface area contributed by atoms with Crippen LogP contribution in [0.1, 0.15) is 79.1 Å². The molecule has 0 radical (unpaired) electrons. The van der Waals surface area contributed by atoms with Crippen molar-refractivity contribution in [3.8, 4) is 0 Å². The number of fused-ring (bicyclic) bond motifs is 7. The molecule has 0 bridgehead atoms. The molecule has 4 nitrogen and oxygen atoms in total. The zero-order valence-corrected chi connectivity index (χ0v) is 26.4. The minimum atomic E-state index is -0.142. The highest BCUT2D eigenvalue weighted by Crippen LogP contribution is 2.54. The van der Waals surface area contributed by atoms with Crippen molar-refractivity contribution in [1.82, 2.24) is 14.4 Å². The lowest BCUT2D eigenvalue weighted by atomic mass is 9.80. The van der Waals surface area contributed by atoms with Crippen molar-refractivity contribution in [3.63, 3.8) is 0 Å². The molecule has 212 valence electrons. The zero-order valence-electron chi connectivity index (χ0n) is 26.4. The molecule has 43 heavy (non-hydrogen) atoms. The summed E-state index contributed by atoms with van der Waals surface area (Å²) in [7, 11) is 0. The van der Waals surface area contributed by atoms with Crippen LogP contribution < -0.4 is 5.56 Å². The molecule has 0 aliphatic heterocycles. The SMILES string of the molecule is CC(C)(C)c1cc2c(cn1)nc1c3c4cc(C(C)(C)C)c5ccc6ccc7c(C(C)(C)C)cc(c3c(=O)n21)c1c7c6c5c41. The van der Waals surface area contributed by atoms with E-state index in [1.165, 1.54) is 54.2 Å². The molecular weight excluding hydrogens is 526 g/mol. The molecule has 9 rings (SSSR count). The van der Waals surface area contributed by atoms with Gasteiger partial charge in [0.05, 0.1) is 17.1 Å². The van der Waals surface area contributed by atoms with Gasteiger partial charge < -0.3 is 0 Å². The van der Waals surface area contributed by atoms with Gasteiger partial charge in [0, 0.05) is 16.5 Å². The molecule has 0 spiro atoms. The summed E-state index contributed by atoms with van der Waals surface area (Å²) < 4.78 is 1.87. The molecule has 0 saturated heterocycles. The Balaban J connectivity index is 1.66. The number of nitrogens with zero attached hydrogens (tertiary/aromatic N) is 3. The molecule has 6 aromatic carbocycles. The molecule has 0 unspecified atom stereocenters. The van der Waals surface area contributed by atoms with E-state index < -0.39 is 0 Å². The number of pyridine rings is 1. The Bertz CT molecular complexity index is 2670. The first-order chi connectivity index (χ1) is 20.2. The third-order valence-corrected chi connectivity index (χ3v) is 9.99. The minimum Gasteiger partial charge on any atom is -0.268 e. The maximum Gasteiger partial charge on any atom is 0.265 e. The summed E-state index contributed by atoms with van der Waals surface area (Å²) in [5.41, 5.74) is 5.57. The standard InChI is InChI=1S/C39H35N3O/c1-37(2,3)23-14-21-31-29-19(23)12-10-18-11-13-20-24(38(4,5)6)15-22(32(31)30(20)28(18)29)34-33(21)35-41-25-17-40-27(39(7,8)9)16-26(25)42(35)36(34)43/h10-17H,1-9H3. The van der Waals surface area contributed by atoms with Gasteiger partial charge in [0.2, 0.25) is 0 Å². The van der Waals surface area contributed by atoms with Gasteiger partial charge in [-0.2, -0.15) is 0 Å². The Hall–Kier alpha value is -4.31. The fourth-order valence-corrected chi connectivity index (χ4v) is 8.00. The molecule has 0 atom stereocenters. The predicted molar refractivity (Wildman–Crippen MR) is 183 cm³/mol. The van der Waals surface area contributed by atoms with Crippen molar-refractivity contribution in [2.75, 3.05) is 0 Å². The lowest BCUT2D eigenvalue weighted by Crippen LogP contribution is -2.14. The number of rotatable bonds is 0. The molecule has 0 fully saturated rings. The molecule has 9 aromatic rings. The van der Waals surface area contributed by atoms with Crippen LogP contribution in [-0.4, -0.2) is 14.4 Å². The Morgan fingerprint density at radius 2 is 1.12 bits per heavy atom. The average molecular weight is 562 g/mol. The van der Waals surface area contributed by atoms with Crippen LogP contribution in [0, 0.1) is 0 Å². The molecule has 0 aliphatic carbocycles. The van der Waals surface area contributed by atoms with Crippen molar-refractivity contribution < 1.29 is 0 Å². The van der Waals surface area contributed by atoms with E-state index in [1.807, 2.05) is 10.6 Å². The average Bonchev–Trinajstić information content (AvgIpc) is 3.57. The Morgan fingerprint density at radius 3 is 1.65 bits per heavy atom. The molecule has 4 heteroatoms. The van der Waals surface area contributed by atoms with Crippen LogP contribution in [0.5, 0.6) is 0 Å². The van der Waals surface area contributed by atoms with Crippen LogP contribution in [0.2, 0.25) is 0 Å². The van der Waals surface area contributed by atoms with E-state index in [1.54, 1.807) is 0 Å². The molecular formula is C39H35N3O. The topological polar surface area (TPSA) is 47.3 Å². The summed E-state index contributed by atoms with van der Waals surface area (Å²) in [6.45, 7) is 20.2. The van der Waals surface area contributed by atoms with E-state index in [4.69, 9.17) is 9.97 Å². The number of hydrogen-bond donors (Lipinski definition) is 0. The van der Waals surface area contributed by atoms with Crippen LogP contribution in [-0.2, 0) is 16.2 Å². The van der Waals surface area contributed by atoms with Gasteiger partial charge in [-0.15, -0.1) is 0 Å². The first kappa shape index (κ1) is 25.2. The Labute approximate surface area is 249 Å². The minimum absolute atomic E-state index is 0.0141. The third kappa shape index (κ3) is 2.90. The summed E-state index contributed by atoms with van der Waals surface area (Å²) in [6, 6.07) is 16.0. The van der Waals surface area contributed by atoms with E-state index in [0.717, 1.165) is 43.9 Å². The second kappa shape index (κ2) is 7.24. The summed E-state index contributed by atoms with van der Waals surface area (Å²) in [6.07, 6.45) is 1.84. The summed E-state index contributed by atoms with van der Waals surface area (Å²) in [5.74, 6) is 0. The maximum atomic E-state index is 14.8. The first-order valence-corrected chi connectivity index (χ1v) is 15.4. The molecule has 0 aliphatic rings. The van der Waals surface area contributed by atoms with Crippen molar-refractivity contribution >= 4 is 81.3 Å². The summed E-state index contributed by atoms with van der Waals surface area (Å²) >= 11 is 0. The summed E-state index contributed by atoms with van der Waals surface area (Å²) in [5, 5.41) is 14.3. The van der Waals surface area contributed by atoms with Gasteiger partial charge in [-0.25, -0.2) is 4.98 Å². The van der Waals surface area contributed by atoms with Gasteiger partial charge in [-0.1, -0.05) is 86.6 Å². The Kier molecular flexibility index (Phi) is 4.25. The lowest BCUT2D eigenvalue weighted by molar-refractivity contribution is 0.570.